The number of hydrogen-bond acceptors (Lipinski definition) is 2. The van der Waals surface area contributed by atoms with E-state index >= 15 is 0 Å². The van der Waals surface area contributed by atoms with E-state index in [4.69, 9.17) is 9.47 Å². The lowest BCUT2D eigenvalue weighted by molar-refractivity contribution is -0.0374. The van der Waals surface area contributed by atoms with Gasteiger partial charge in [0.05, 0.1) is 5.76 Å². The molecule has 0 spiro atoms. The molecule has 0 aliphatic heterocycles. The second-order valence-electron chi connectivity index (χ2n) is 4.70. The van der Waals surface area contributed by atoms with Crippen molar-refractivity contribution < 1.29 is 9.47 Å². The molecule has 0 amide bonds. The standard InChI is InChI=1S/C14H24O2/c1-6-13(15-7-2)14(12-8-9-12)16-11(5)10(3)4/h6,10,12-14H,1,5,7-9H2,2-4H3. The monoisotopic (exact) mass is 224 g/mol. The van der Waals surface area contributed by atoms with Gasteiger partial charge in [0.2, 0.25) is 0 Å². The summed E-state index contributed by atoms with van der Waals surface area (Å²) in [5, 5.41) is 0. The Morgan fingerprint density at radius 2 is 2.06 bits per heavy atom. The zero-order chi connectivity index (χ0) is 12.1. The molecule has 0 N–H and O–H groups in total. The van der Waals surface area contributed by atoms with Gasteiger partial charge in [-0.05, 0) is 25.7 Å². The Morgan fingerprint density at radius 3 is 2.44 bits per heavy atom. The van der Waals surface area contributed by atoms with Crippen molar-refractivity contribution in [2.24, 2.45) is 11.8 Å². The summed E-state index contributed by atoms with van der Waals surface area (Å²) in [7, 11) is 0. The first-order valence-corrected chi connectivity index (χ1v) is 6.19. The van der Waals surface area contributed by atoms with Crippen molar-refractivity contribution in [3.05, 3.63) is 25.0 Å². The Balaban J connectivity index is 2.58. The fraction of sp³-hybridized carbons (Fsp3) is 0.714. The summed E-state index contributed by atoms with van der Waals surface area (Å²) in [5.41, 5.74) is 0. The van der Waals surface area contributed by atoms with Crippen LogP contribution in [0.1, 0.15) is 33.6 Å². The molecule has 1 fully saturated rings. The third-order valence-electron chi connectivity index (χ3n) is 2.93. The molecule has 0 aromatic heterocycles. The second kappa shape index (κ2) is 6.09. The van der Waals surface area contributed by atoms with Crippen LogP contribution in [0.15, 0.2) is 25.0 Å². The Bertz CT molecular complexity index is 241. The number of ether oxygens (including phenoxy) is 2. The van der Waals surface area contributed by atoms with E-state index in [1.54, 1.807) is 0 Å². The van der Waals surface area contributed by atoms with Crippen LogP contribution < -0.4 is 0 Å². The highest BCUT2D eigenvalue weighted by molar-refractivity contribution is 4.99. The third kappa shape index (κ3) is 3.67. The molecule has 0 aromatic carbocycles. The molecule has 1 rings (SSSR count). The molecule has 16 heavy (non-hydrogen) atoms. The Labute approximate surface area is 99.3 Å². The summed E-state index contributed by atoms with van der Waals surface area (Å²) in [5.74, 6) is 1.82. The van der Waals surface area contributed by atoms with Gasteiger partial charge in [0, 0.05) is 12.5 Å². The molecule has 2 unspecified atom stereocenters. The summed E-state index contributed by atoms with van der Waals surface area (Å²) in [6.07, 6.45) is 4.40. The minimum Gasteiger partial charge on any atom is -0.492 e. The summed E-state index contributed by atoms with van der Waals surface area (Å²) >= 11 is 0. The molecule has 2 nitrogen and oxygen atoms in total. The zero-order valence-electron chi connectivity index (χ0n) is 10.7. The van der Waals surface area contributed by atoms with Gasteiger partial charge in [0.15, 0.2) is 0 Å². The molecule has 2 heteroatoms. The average molecular weight is 224 g/mol. The normalized spacial score (nSPS) is 19.2. The van der Waals surface area contributed by atoms with Gasteiger partial charge in [0.1, 0.15) is 12.2 Å². The van der Waals surface area contributed by atoms with Crippen LogP contribution in [0.25, 0.3) is 0 Å². The summed E-state index contributed by atoms with van der Waals surface area (Å²) in [6.45, 7) is 14.7. The van der Waals surface area contributed by atoms with Crippen LogP contribution in [0.3, 0.4) is 0 Å². The molecule has 1 aliphatic rings. The molecular formula is C14H24O2. The van der Waals surface area contributed by atoms with Crippen LogP contribution in [-0.4, -0.2) is 18.8 Å². The molecule has 0 heterocycles. The first-order chi connectivity index (χ1) is 7.60. The first-order valence-electron chi connectivity index (χ1n) is 6.19. The van der Waals surface area contributed by atoms with Gasteiger partial charge in [-0.3, -0.25) is 0 Å². The number of hydrogen-bond donors (Lipinski definition) is 0. The summed E-state index contributed by atoms with van der Waals surface area (Å²) in [4.78, 5) is 0. The van der Waals surface area contributed by atoms with E-state index in [-0.39, 0.29) is 12.2 Å². The predicted octanol–water partition coefficient (Wildman–Crippen LogP) is 3.54. The highest BCUT2D eigenvalue weighted by Gasteiger charge is 2.38. The van der Waals surface area contributed by atoms with Crippen molar-refractivity contribution in [3.8, 4) is 0 Å². The lowest BCUT2D eigenvalue weighted by atomic mass is 10.1. The minimum atomic E-state index is -0.00648. The van der Waals surface area contributed by atoms with Crippen LogP contribution in [-0.2, 0) is 9.47 Å². The number of allylic oxidation sites excluding steroid dienone is 1. The molecular weight excluding hydrogens is 200 g/mol. The lowest BCUT2D eigenvalue weighted by Crippen LogP contribution is -2.32. The van der Waals surface area contributed by atoms with Gasteiger partial charge in [0.25, 0.3) is 0 Å². The third-order valence-corrected chi connectivity index (χ3v) is 2.93. The molecule has 1 saturated carbocycles. The van der Waals surface area contributed by atoms with Gasteiger partial charge in [-0.15, -0.1) is 6.58 Å². The molecule has 0 bridgehead atoms. The summed E-state index contributed by atoms with van der Waals surface area (Å²) in [6, 6.07) is 0. The van der Waals surface area contributed by atoms with Crippen LogP contribution in [0, 0.1) is 11.8 Å². The first kappa shape index (κ1) is 13.3. The molecule has 0 aromatic rings. The van der Waals surface area contributed by atoms with Gasteiger partial charge in [-0.1, -0.05) is 26.5 Å². The largest absolute Gasteiger partial charge is 0.492 e. The Kier molecular flexibility index (Phi) is 5.07. The van der Waals surface area contributed by atoms with Crippen LogP contribution in [0.4, 0.5) is 0 Å². The van der Waals surface area contributed by atoms with Crippen LogP contribution in [0.5, 0.6) is 0 Å². The molecule has 1 aliphatic carbocycles. The van der Waals surface area contributed by atoms with Gasteiger partial charge in [-0.25, -0.2) is 0 Å². The topological polar surface area (TPSA) is 18.5 Å². The highest BCUT2D eigenvalue weighted by Crippen LogP contribution is 2.38. The molecule has 0 saturated heterocycles. The van der Waals surface area contributed by atoms with E-state index in [1.165, 1.54) is 12.8 Å². The van der Waals surface area contributed by atoms with Crippen molar-refractivity contribution in [2.45, 2.75) is 45.8 Å². The SMILES string of the molecule is C=CC(OCC)C(OC(=C)C(C)C)C1CC1. The van der Waals surface area contributed by atoms with Crippen molar-refractivity contribution in [1.82, 2.24) is 0 Å². The van der Waals surface area contributed by atoms with E-state index < -0.39 is 0 Å². The van der Waals surface area contributed by atoms with E-state index in [0.29, 0.717) is 18.4 Å². The van der Waals surface area contributed by atoms with E-state index in [2.05, 4.69) is 27.0 Å². The van der Waals surface area contributed by atoms with Crippen LogP contribution in [0.2, 0.25) is 0 Å². The summed E-state index contributed by atoms with van der Waals surface area (Å²) < 4.78 is 11.6. The van der Waals surface area contributed by atoms with E-state index in [9.17, 15) is 0 Å². The fourth-order valence-corrected chi connectivity index (χ4v) is 1.66. The van der Waals surface area contributed by atoms with Crippen molar-refractivity contribution in [2.75, 3.05) is 6.61 Å². The Morgan fingerprint density at radius 1 is 1.44 bits per heavy atom. The van der Waals surface area contributed by atoms with Crippen molar-refractivity contribution in [3.63, 3.8) is 0 Å². The zero-order valence-corrected chi connectivity index (χ0v) is 10.7. The maximum Gasteiger partial charge on any atom is 0.131 e. The van der Waals surface area contributed by atoms with E-state index in [0.717, 1.165) is 5.76 Å². The van der Waals surface area contributed by atoms with Gasteiger partial charge < -0.3 is 9.47 Å². The predicted molar refractivity (Wildman–Crippen MR) is 67.2 cm³/mol. The van der Waals surface area contributed by atoms with E-state index in [1.807, 2.05) is 13.0 Å². The maximum atomic E-state index is 5.95. The molecule has 0 radical (unpaired) electrons. The lowest BCUT2D eigenvalue weighted by Gasteiger charge is -2.27. The highest BCUT2D eigenvalue weighted by atomic mass is 16.5. The average Bonchev–Trinajstić information content (AvgIpc) is 3.06. The van der Waals surface area contributed by atoms with Crippen molar-refractivity contribution >= 4 is 0 Å². The minimum absolute atomic E-state index is 0.00648. The maximum absolute atomic E-state index is 5.95. The fourth-order valence-electron chi connectivity index (χ4n) is 1.66. The Hall–Kier alpha value is -0.760. The molecule has 2 atom stereocenters. The van der Waals surface area contributed by atoms with Gasteiger partial charge in [-0.2, -0.15) is 0 Å². The molecule has 92 valence electrons. The van der Waals surface area contributed by atoms with Crippen LogP contribution >= 0.6 is 0 Å². The van der Waals surface area contributed by atoms with Crippen molar-refractivity contribution in [1.29, 1.82) is 0 Å². The number of rotatable bonds is 8. The smallest absolute Gasteiger partial charge is 0.131 e. The van der Waals surface area contributed by atoms with Gasteiger partial charge >= 0.3 is 0 Å². The quantitative estimate of drug-likeness (QED) is 0.464. The second-order valence-corrected chi connectivity index (χ2v) is 4.70.